The number of likely N-dealkylation sites (tertiary alicyclic amines) is 1. The molecule has 0 saturated carbocycles. The van der Waals surface area contributed by atoms with Crippen molar-refractivity contribution in [2.24, 2.45) is 0 Å². The lowest BCUT2D eigenvalue weighted by molar-refractivity contribution is -0.152. The van der Waals surface area contributed by atoms with Crippen LogP contribution in [0.1, 0.15) is 38.5 Å². The summed E-state index contributed by atoms with van der Waals surface area (Å²) in [4.78, 5) is 16.4. The molecule has 2 fully saturated rings. The molecule has 26 heavy (non-hydrogen) atoms. The van der Waals surface area contributed by atoms with Crippen molar-refractivity contribution in [3.8, 4) is 0 Å². The molecule has 0 unspecified atom stereocenters. The fourth-order valence-corrected chi connectivity index (χ4v) is 3.62. The molecule has 0 bridgehead atoms. The van der Waals surface area contributed by atoms with E-state index >= 15 is 0 Å². The van der Waals surface area contributed by atoms with Gasteiger partial charge in [-0.15, -0.1) is 0 Å². The molecule has 2 saturated heterocycles. The number of amides is 1. The van der Waals surface area contributed by atoms with E-state index in [1.165, 1.54) is 0 Å². The van der Waals surface area contributed by atoms with Gasteiger partial charge in [-0.05, 0) is 38.8 Å². The zero-order chi connectivity index (χ0) is 18.9. The Morgan fingerprint density at radius 3 is 2.38 bits per heavy atom. The molecule has 1 amide bonds. The SMILES string of the molecule is O=C(CN1CCCC1)N1CCCCCCO[C@H]([C@H](O)CO)[C@H](O)[C@H](O)C1. The Morgan fingerprint density at radius 2 is 1.69 bits per heavy atom. The standard InChI is InChI=1S/C18H34N2O6/c21-13-15(23)18-17(25)14(22)11-20(9-3-1-2-6-10-26-18)16(24)12-19-7-4-5-8-19/h14-15,17-18,21-23,25H,1-13H2/t14-,15-,17-,18-/m1/s1. The first-order valence-electron chi connectivity index (χ1n) is 9.79. The van der Waals surface area contributed by atoms with Gasteiger partial charge in [0.25, 0.3) is 0 Å². The Kier molecular flexibility index (Phi) is 9.24. The van der Waals surface area contributed by atoms with Crippen LogP contribution in [-0.2, 0) is 9.53 Å². The topological polar surface area (TPSA) is 114 Å². The van der Waals surface area contributed by atoms with Crippen molar-refractivity contribution < 1.29 is 30.0 Å². The van der Waals surface area contributed by atoms with Gasteiger partial charge in [0.15, 0.2) is 0 Å². The summed E-state index contributed by atoms with van der Waals surface area (Å²) in [5.41, 5.74) is 0. The summed E-state index contributed by atoms with van der Waals surface area (Å²) in [6, 6.07) is 0. The number of carbonyl (C=O) groups excluding carboxylic acids is 1. The Balaban J connectivity index is 2.02. The summed E-state index contributed by atoms with van der Waals surface area (Å²) < 4.78 is 5.52. The van der Waals surface area contributed by atoms with E-state index in [0.717, 1.165) is 51.6 Å². The van der Waals surface area contributed by atoms with Gasteiger partial charge in [-0.2, -0.15) is 0 Å². The van der Waals surface area contributed by atoms with E-state index in [1.807, 2.05) is 0 Å². The van der Waals surface area contributed by atoms with E-state index in [4.69, 9.17) is 4.74 Å². The molecule has 0 aliphatic carbocycles. The number of rotatable bonds is 4. The highest BCUT2D eigenvalue weighted by molar-refractivity contribution is 5.78. The van der Waals surface area contributed by atoms with Crippen molar-refractivity contribution in [3.63, 3.8) is 0 Å². The van der Waals surface area contributed by atoms with Gasteiger partial charge in [-0.1, -0.05) is 12.8 Å². The van der Waals surface area contributed by atoms with Crippen LogP contribution in [-0.4, -0.2) is 106 Å². The zero-order valence-corrected chi connectivity index (χ0v) is 15.5. The van der Waals surface area contributed by atoms with Crippen LogP contribution in [0.4, 0.5) is 0 Å². The average Bonchev–Trinajstić information content (AvgIpc) is 3.13. The minimum absolute atomic E-state index is 0.00809. The van der Waals surface area contributed by atoms with Gasteiger partial charge in [-0.3, -0.25) is 9.69 Å². The Labute approximate surface area is 155 Å². The van der Waals surface area contributed by atoms with Gasteiger partial charge in [0.1, 0.15) is 24.4 Å². The van der Waals surface area contributed by atoms with Gasteiger partial charge >= 0.3 is 0 Å². The summed E-state index contributed by atoms with van der Waals surface area (Å²) >= 11 is 0. The fourth-order valence-electron chi connectivity index (χ4n) is 3.62. The molecule has 2 rings (SSSR count). The number of carbonyl (C=O) groups is 1. The summed E-state index contributed by atoms with van der Waals surface area (Å²) in [7, 11) is 0. The molecule has 152 valence electrons. The molecule has 0 radical (unpaired) electrons. The third kappa shape index (κ3) is 6.44. The number of aliphatic hydroxyl groups is 4. The first-order chi connectivity index (χ1) is 12.5. The van der Waals surface area contributed by atoms with Crippen molar-refractivity contribution >= 4 is 5.91 Å². The van der Waals surface area contributed by atoms with Crippen LogP contribution < -0.4 is 0 Å². The molecule has 0 spiro atoms. The number of aliphatic hydroxyl groups excluding tert-OH is 4. The van der Waals surface area contributed by atoms with E-state index in [0.29, 0.717) is 19.7 Å². The summed E-state index contributed by atoms with van der Waals surface area (Å²) in [6.07, 6.45) is 0.705. The van der Waals surface area contributed by atoms with E-state index in [2.05, 4.69) is 4.90 Å². The Bertz CT molecular complexity index is 418. The molecule has 8 heteroatoms. The van der Waals surface area contributed by atoms with Crippen molar-refractivity contribution in [2.45, 2.75) is 62.9 Å². The monoisotopic (exact) mass is 374 g/mol. The van der Waals surface area contributed by atoms with Crippen molar-refractivity contribution in [2.75, 3.05) is 45.9 Å². The van der Waals surface area contributed by atoms with Crippen LogP contribution in [0.15, 0.2) is 0 Å². The second kappa shape index (κ2) is 11.2. The van der Waals surface area contributed by atoms with Gasteiger partial charge in [0.05, 0.1) is 13.2 Å². The normalized spacial score (nSPS) is 31.2. The minimum Gasteiger partial charge on any atom is -0.394 e. The molecule has 8 nitrogen and oxygen atoms in total. The van der Waals surface area contributed by atoms with Crippen molar-refractivity contribution in [1.29, 1.82) is 0 Å². The van der Waals surface area contributed by atoms with E-state index in [-0.39, 0.29) is 12.5 Å². The molecule has 4 N–H and O–H groups in total. The molecule has 0 aromatic heterocycles. The van der Waals surface area contributed by atoms with Crippen molar-refractivity contribution in [1.82, 2.24) is 9.80 Å². The zero-order valence-electron chi connectivity index (χ0n) is 15.5. The second-order valence-corrected chi connectivity index (χ2v) is 7.38. The maximum absolute atomic E-state index is 12.7. The van der Waals surface area contributed by atoms with Crippen LogP contribution in [0.3, 0.4) is 0 Å². The van der Waals surface area contributed by atoms with Gasteiger partial charge in [0.2, 0.25) is 5.91 Å². The molecule has 4 atom stereocenters. The van der Waals surface area contributed by atoms with Crippen LogP contribution in [0, 0.1) is 0 Å². The van der Waals surface area contributed by atoms with E-state index < -0.39 is 31.0 Å². The average molecular weight is 374 g/mol. The van der Waals surface area contributed by atoms with Crippen LogP contribution in [0.25, 0.3) is 0 Å². The number of hydrogen-bond acceptors (Lipinski definition) is 7. The third-order valence-electron chi connectivity index (χ3n) is 5.25. The summed E-state index contributed by atoms with van der Waals surface area (Å²) in [5, 5.41) is 39.9. The number of hydrogen-bond donors (Lipinski definition) is 4. The molecule has 0 aromatic carbocycles. The lowest BCUT2D eigenvalue weighted by Crippen LogP contribution is -2.53. The van der Waals surface area contributed by atoms with Gasteiger partial charge in [0, 0.05) is 19.7 Å². The highest BCUT2D eigenvalue weighted by Gasteiger charge is 2.34. The van der Waals surface area contributed by atoms with Crippen molar-refractivity contribution in [3.05, 3.63) is 0 Å². The molecular weight excluding hydrogens is 340 g/mol. The minimum atomic E-state index is -1.38. The number of β-amino-alcohol motifs (C(OH)–C–C–N with tert-alkyl or cyclic N) is 1. The number of nitrogens with zero attached hydrogens (tertiary/aromatic N) is 2. The fraction of sp³-hybridized carbons (Fsp3) is 0.944. The largest absolute Gasteiger partial charge is 0.394 e. The molecule has 2 aliphatic heterocycles. The molecule has 2 aliphatic rings. The highest BCUT2D eigenvalue weighted by atomic mass is 16.5. The quantitative estimate of drug-likeness (QED) is 0.496. The van der Waals surface area contributed by atoms with Crippen LogP contribution in [0.2, 0.25) is 0 Å². The second-order valence-electron chi connectivity index (χ2n) is 7.38. The van der Waals surface area contributed by atoms with E-state index in [1.54, 1.807) is 4.90 Å². The molecular formula is C18H34N2O6. The summed E-state index contributed by atoms with van der Waals surface area (Å²) in [5.74, 6) is -0.0459. The molecule has 2 heterocycles. The predicted molar refractivity (Wildman–Crippen MR) is 95.6 cm³/mol. The Morgan fingerprint density at radius 1 is 1.04 bits per heavy atom. The van der Waals surface area contributed by atoms with Gasteiger partial charge in [-0.25, -0.2) is 0 Å². The van der Waals surface area contributed by atoms with Gasteiger partial charge < -0.3 is 30.1 Å². The van der Waals surface area contributed by atoms with Crippen LogP contribution >= 0.6 is 0 Å². The number of ether oxygens (including phenoxy) is 1. The molecule has 0 aromatic rings. The maximum Gasteiger partial charge on any atom is 0.236 e. The Hall–Kier alpha value is -0.770. The highest BCUT2D eigenvalue weighted by Crippen LogP contribution is 2.15. The van der Waals surface area contributed by atoms with Crippen LogP contribution in [0.5, 0.6) is 0 Å². The third-order valence-corrected chi connectivity index (χ3v) is 5.25. The first-order valence-corrected chi connectivity index (χ1v) is 9.79. The predicted octanol–water partition coefficient (Wildman–Crippen LogP) is -1.05. The van der Waals surface area contributed by atoms with E-state index in [9.17, 15) is 25.2 Å². The maximum atomic E-state index is 12.7. The smallest absolute Gasteiger partial charge is 0.236 e. The first kappa shape index (κ1) is 21.5. The lowest BCUT2D eigenvalue weighted by atomic mass is 10.0. The summed E-state index contributed by atoms with van der Waals surface area (Å²) in [6.45, 7) is 2.50. The lowest BCUT2D eigenvalue weighted by Gasteiger charge is -2.34.